The lowest BCUT2D eigenvalue weighted by Crippen LogP contribution is -2.45. The summed E-state index contributed by atoms with van der Waals surface area (Å²) in [6.07, 6.45) is 3.42. The predicted octanol–water partition coefficient (Wildman–Crippen LogP) is 2.90. The molecule has 1 unspecified atom stereocenters. The predicted molar refractivity (Wildman–Crippen MR) is 97.4 cm³/mol. The Balaban J connectivity index is 1.81. The van der Waals surface area contributed by atoms with Crippen LogP contribution in [-0.4, -0.2) is 41.2 Å². The summed E-state index contributed by atoms with van der Waals surface area (Å²) in [5.41, 5.74) is 1.09. The first kappa shape index (κ1) is 18.6. The molecule has 1 aromatic carbocycles. The zero-order chi connectivity index (χ0) is 17.2. The SMILES string of the molecule is O=C(O)CCC(Cc1ccccc1)NC(=O)NCC1CCSCC1. The van der Waals surface area contributed by atoms with Crippen LogP contribution >= 0.6 is 11.8 Å². The van der Waals surface area contributed by atoms with Crippen molar-refractivity contribution in [1.82, 2.24) is 10.6 Å². The fourth-order valence-electron chi connectivity index (χ4n) is 2.85. The van der Waals surface area contributed by atoms with Crippen molar-refractivity contribution in [1.29, 1.82) is 0 Å². The third kappa shape index (κ3) is 7.25. The van der Waals surface area contributed by atoms with Crippen molar-refractivity contribution in [2.24, 2.45) is 5.92 Å². The number of nitrogens with one attached hydrogen (secondary N) is 2. The maximum atomic E-state index is 12.2. The lowest BCUT2D eigenvalue weighted by molar-refractivity contribution is -0.137. The zero-order valence-corrected chi connectivity index (χ0v) is 14.7. The molecular weight excluding hydrogens is 324 g/mol. The molecule has 1 atom stereocenters. The van der Waals surface area contributed by atoms with E-state index in [-0.39, 0.29) is 18.5 Å². The second-order valence-corrected chi connectivity index (χ2v) is 7.45. The molecule has 2 amide bonds. The average Bonchev–Trinajstić information content (AvgIpc) is 2.60. The Labute approximate surface area is 147 Å². The number of hydrogen-bond donors (Lipinski definition) is 3. The highest BCUT2D eigenvalue weighted by Gasteiger charge is 2.17. The normalized spacial score (nSPS) is 16.3. The topological polar surface area (TPSA) is 78.4 Å². The third-order valence-corrected chi connectivity index (χ3v) is 5.31. The van der Waals surface area contributed by atoms with Crippen LogP contribution in [0.25, 0.3) is 0 Å². The van der Waals surface area contributed by atoms with Crippen LogP contribution in [0.4, 0.5) is 4.79 Å². The van der Waals surface area contributed by atoms with E-state index in [4.69, 9.17) is 5.11 Å². The zero-order valence-electron chi connectivity index (χ0n) is 13.9. The molecule has 1 fully saturated rings. The standard InChI is InChI=1S/C18H26N2O3S/c21-17(22)7-6-16(12-14-4-2-1-3-5-14)20-18(23)19-13-15-8-10-24-11-9-15/h1-5,15-16H,6-13H2,(H,21,22)(H2,19,20,23). The summed E-state index contributed by atoms with van der Waals surface area (Å²) >= 11 is 1.97. The Hall–Kier alpha value is -1.69. The molecule has 1 saturated heterocycles. The van der Waals surface area contributed by atoms with E-state index in [0.717, 1.165) is 18.4 Å². The van der Waals surface area contributed by atoms with Crippen LogP contribution < -0.4 is 10.6 Å². The molecular formula is C18H26N2O3S. The number of rotatable bonds is 8. The molecule has 24 heavy (non-hydrogen) atoms. The summed E-state index contributed by atoms with van der Waals surface area (Å²) in [5.74, 6) is 2.06. The van der Waals surface area contributed by atoms with Gasteiger partial charge in [-0.15, -0.1) is 0 Å². The Kier molecular flexibility index (Phi) is 7.95. The number of benzene rings is 1. The van der Waals surface area contributed by atoms with E-state index in [1.807, 2.05) is 42.1 Å². The number of carboxylic acids is 1. The highest BCUT2D eigenvalue weighted by Crippen LogP contribution is 2.21. The van der Waals surface area contributed by atoms with Crippen LogP contribution in [0.5, 0.6) is 0 Å². The van der Waals surface area contributed by atoms with Crippen LogP contribution in [0.1, 0.15) is 31.2 Å². The second kappa shape index (κ2) is 10.2. The Bertz CT molecular complexity index is 518. The first-order valence-corrected chi connectivity index (χ1v) is 9.67. The summed E-state index contributed by atoms with van der Waals surface area (Å²) in [6.45, 7) is 0.698. The maximum absolute atomic E-state index is 12.2. The van der Waals surface area contributed by atoms with E-state index >= 15 is 0 Å². The lowest BCUT2D eigenvalue weighted by Gasteiger charge is -2.23. The first-order valence-electron chi connectivity index (χ1n) is 8.51. The molecule has 0 spiro atoms. The highest BCUT2D eigenvalue weighted by atomic mass is 32.2. The molecule has 0 radical (unpaired) electrons. The first-order chi connectivity index (χ1) is 11.6. The van der Waals surface area contributed by atoms with Gasteiger partial charge in [0.15, 0.2) is 0 Å². The molecule has 0 bridgehead atoms. The molecule has 0 aromatic heterocycles. The van der Waals surface area contributed by atoms with E-state index in [2.05, 4.69) is 10.6 Å². The number of amides is 2. The van der Waals surface area contributed by atoms with Crippen molar-refractivity contribution in [3.63, 3.8) is 0 Å². The minimum Gasteiger partial charge on any atom is -0.481 e. The second-order valence-electron chi connectivity index (χ2n) is 6.23. The molecule has 1 heterocycles. The molecule has 1 aromatic rings. The van der Waals surface area contributed by atoms with E-state index < -0.39 is 5.97 Å². The lowest BCUT2D eigenvalue weighted by atomic mass is 10.0. The summed E-state index contributed by atoms with van der Waals surface area (Å²) in [7, 11) is 0. The van der Waals surface area contributed by atoms with Crippen LogP contribution in [0.3, 0.4) is 0 Å². The quantitative estimate of drug-likeness (QED) is 0.674. The summed E-state index contributed by atoms with van der Waals surface area (Å²) < 4.78 is 0. The molecule has 2 rings (SSSR count). The van der Waals surface area contributed by atoms with E-state index in [1.165, 1.54) is 11.5 Å². The smallest absolute Gasteiger partial charge is 0.315 e. The van der Waals surface area contributed by atoms with Crippen LogP contribution in [0.15, 0.2) is 30.3 Å². The van der Waals surface area contributed by atoms with Gasteiger partial charge in [0.05, 0.1) is 0 Å². The van der Waals surface area contributed by atoms with E-state index in [1.54, 1.807) is 0 Å². The van der Waals surface area contributed by atoms with Gasteiger partial charge < -0.3 is 15.7 Å². The van der Waals surface area contributed by atoms with E-state index in [0.29, 0.717) is 25.3 Å². The minimum absolute atomic E-state index is 0.0532. The van der Waals surface area contributed by atoms with Crippen molar-refractivity contribution >= 4 is 23.8 Å². The molecule has 0 aliphatic carbocycles. The van der Waals surface area contributed by atoms with Crippen molar-refractivity contribution in [3.8, 4) is 0 Å². The van der Waals surface area contributed by atoms with Gasteiger partial charge in [0.25, 0.3) is 0 Å². The molecule has 1 aliphatic heterocycles. The number of carboxylic acid groups (broad SMARTS) is 1. The van der Waals surface area contributed by atoms with Crippen LogP contribution in [0.2, 0.25) is 0 Å². The summed E-state index contributed by atoms with van der Waals surface area (Å²) in [6, 6.07) is 9.46. The molecule has 5 nitrogen and oxygen atoms in total. The Morgan fingerprint density at radius 2 is 1.92 bits per heavy atom. The number of carbonyl (C=O) groups excluding carboxylic acids is 1. The molecule has 132 valence electrons. The van der Waals surface area contributed by atoms with Gasteiger partial charge in [0.2, 0.25) is 0 Å². The minimum atomic E-state index is -0.838. The Morgan fingerprint density at radius 1 is 1.21 bits per heavy atom. The van der Waals surface area contributed by atoms with Gasteiger partial charge in [-0.25, -0.2) is 4.79 Å². The average molecular weight is 350 g/mol. The van der Waals surface area contributed by atoms with Gasteiger partial charge in [-0.05, 0) is 48.7 Å². The molecule has 0 saturated carbocycles. The van der Waals surface area contributed by atoms with Crippen molar-refractivity contribution in [2.75, 3.05) is 18.1 Å². The monoisotopic (exact) mass is 350 g/mol. The van der Waals surface area contributed by atoms with Crippen molar-refractivity contribution in [2.45, 2.75) is 38.1 Å². The molecule has 3 N–H and O–H groups in total. The third-order valence-electron chi connectivity index (χ3n) is 4.26. The maximum Gasteiger partial charge on any atom is 0.315 e. The van der Waals surface area contributed by atoms with Gasteiger partial charge in [-0.1, -0.05) is 30.3 Å². The molecule has 1 aliphatic rings. The molecule has 6 heteroatoms. The van der Waals surface area contributed by atoms with Gasteiger partial charge >= 0.3 is 12.0 Å². The highest BCUT2D eigenvalue weighted by molar-refractivity contribution is 7.99. The fourth-order valence-corrected chi connectivity index (χ4v) is 4.05. The van der Waals surface area contributed by atoms with Crippen LogP contribution in [0, 0.1) is 5.92 Å². The number of thioether (sulfide) groups is 1. The van der Waals surface area contributed by atoms with Crippen molar-refractivity contribution in [3.05, 3.63) is 35.9 Å². The number of urea groups is 1. The summed E-state index contributed by atoms with van der Waals surface area (Å²) in [5, 5.41) is 14.8. The van der Waals surface area contributed by atoms with E-state index in [9.17, 15) is 9.59 Å². The number of hydrogen-bond acceptors (Lipinski definition) is 3. The Morgan fingerprint density at radius 3 is 2.58 bits per heavy atom. The fraction of sp³-hybridized carbons (Fsp3) is 0.556. The van der Waals surface area contributed by atoms with Gasteiger partial charge in [-0.3, -0.25) is 4.79 Å². The van der Waals surface area contributed by atoms with Crippen LogP contribution in [-0.2, 0) is 11.2 Å². The number of aliphatic carboxylic acids is 1. The number of carbonyl (C=O) groups is 2. The van der Waals surface area contributed by atoms with Gasteiger partial charge in [0, 0.05) is 19.0 Å². The summed E-state index contributed by atoms with van der Waals surface area (Å²) in [4.78, 5) is 23.0. The van der Waals surface area contributed by atoms with Crippen molar-refractivity contribution < 1.29 is 14.7 Å². The van der Waals surface area contributed by atoms with Gasteiger partial charge in [0.1, 0.15) is 0 Å². The largest absolute Gasteiger partial charge is 0.481 e. The van der Waals surface area contributed by atoms with Gasteiger partial charge in [-0.2, -0.15) is 11.8 Å².